The van der Waals surface area contributed by atoms with E-state index in [4.69, 9.17) is 4.74 Å². The molecule has 1 amide bonds. The van der Waals surface area contributed by atoms with Crippen LogP contribution in [0.5, 0.6) is 0 Å². The molecule has 1 aliphatic heterocycles. The molecule has 1 aliphatic rings. The number of carbonyl (C=O) groups is 3. The van der Waals surface area contributed by atoms with Crippen LogP contribution in [0.4, 0.5) is 5.13 Å². The van der Waals surface area contributed by atoms with Crippen molar-refractivity contribution in [2.45, 2.75) is 31.1 Å². The van der Waals surface area contributed by atoms with Crippen molar-refractivity contribution in [1.29, 1.82) is 0 Å². The van der Waals surface area contributed by atoms with Gasteiger partial charge in [-0.3, -0.25) is 9.69 Å². The number of hydrogen-bond donors (Lipinski definition) is 1. The van der Waals surface area contributed by atoms with E-state index in [1.807, 2.05) is 0 Å². The van der Waals surface area contributed by atoms with Crippen molar-refractivity contribution in [3.63, 3.8) is 0 Å². The zero-order valence-corrected chi connectivity index (χ0v) is 17.7. The van der Waals surface area contributed by atoms with Gasteiger partial charge < -0.3 is 14.6 Å². The Labute approximate surface area is 171 Å². The zero-order chi connectivity index (χ0) is 20.7. The number of carbonyl (C=O) groups excluding carboxylic acids is 3. The lowest BCUT2D eigenvalue weighted by Gasteiger charge is -2.48. The number of hydrogen-bond acceptors (Lipinski definition) is 8. The summed E-state index contributed by atoms with van der Waals surface area (Å²) < 4.78 is 4.37. The van der Waals surface area contributed by atoms with E-state index in [1.165, 1.54) is 35.1 Å². The largest absolute Gasteiger partial charge is 0.465 e. The lowest BCUT2D eigenvalue weighted by atomic mass is 9.72. The minimum atomic E-state index is -1.20. The molecule has 0 aliphatic carbocycles. The summed E-state index contributed by atoms with van der Waals surface area (Å²) >= 11 is 2.65. The van der Waals surface area contributed by atoms with Crippen LogP contribution in [-0.2, 0) is 14.3 Å². The number of ether oxygens (including phenoxy) is 1. The third-order valence-electron chi connectivity index (χ3n) is 5.54. The van der Waals surface area contributed by atoms with E-state index < -0.39 is 22.2 Å². The fourth-order valence-electron chi connectivity index (χ4n) is 3.34. The number of thioether (sulfide) groups is 1. The van der Waals surface area contributed by atoms with Crippen LogP contribution in [0, 0.1) is 5.41 Å². The molecule has 9 heteroatoms. The van der Waals surface area contributed by atoms with Crippen molar-refractivity contribution in [1.82, 2.24) is 4.98 Å². The number of benzene rings is 1. The van der Waals surface area contributed by atoms with Crippen LogP contribution in [0.25, 0.3) is 10.2 Å². The molecular formula is C19H22N2O5S2. The number of esters is 1. The molecule has 1 saturated heterocycles. The van der Waals surface area contributed by atoms with Crippen LogP contribution in [0.1, 0.15) is 30.6 Å². The SMILES string of the molecule is COC(=O)c1ccc2nc(N(C)C(=O)[C@]3(C)SCCC(O)[C@]3(C)C=O)sc2c1. The summed E-state index contributed by atoms with van der Waals surface area (Å²) in [4.78, 5) is 42.9. The summed E-state index contributed by atoms with van der Waals surface area (Å²) in [7, 11) is 2.93. The summed E-state index contributed by atoms with van der Waals surface area (Å²) in [5.74, 6) is -0.149. The number of amides is 1. The van der Waals surface area contributed by atoms with Crippen LogP contribution in [-0.4, -0.2) is 59.0 Å². The molecular weight excluding hydrogens is 400 g/mol. The predicted molar refractivity (Wildman–Crippen MR) is 110 cm³/mol. The molecule has 1 aromatic heterocycles. The summed E-state index contributed by atoms with van der Waals surface area (Å²) in [6.07, 6.45) is 0.270. The normalized spacial score (nSPS) is 27.4. The monoisotopic (exact) mass is 422 g/mol. The standard InChI is InChI=1S/C19H22N2O5S2/c1-18(10-22)14(23)7-8-27-19(18,2)16(25)21(3)17-20-12-6-5-11(15(24)26-4)9-13(12)28-17/h5-6,9-10,14,23H,7-8H2,1-4H3/t14?,18-,19-/m0/s1. The molecule has 1 fully saturated rings. The maximum absolute atomic E-state index is 13.4. The Bertz CT molecular complexity index is 946. The quantitative estimate of drug-likeness (QED) is 0.597. The summed E-state index contributed by atoms with van der Waals surface area (Å²) in [6.45, 7) is 3.33. The zero-order valence-electron chi connectivity index (χ0n) is 16.1. The van der Waals surface area contributed by atoms with E-state index in [-0.39, 0.29) is 5.91 Å². The molecule has 1 unspecified atom stereocenters. The number of thiazole rings is 1. The van der Waals surface area contributed by atoms with Gasteiger partial charge in [-0.15, -0.1) is 11.8 Å². The van der Waals surface area contributed by atoms with Gasteiger partial charge in [0, 0.05) is 7.05 Å². The van der Waals surface area contributed by atoms with Crippen molar-refractivity contribution >= 4 is 56.6 Å². The number of anilines is 1. The summed E-state index contributed by atoms with van der Waals surface area (Å²) in [5, 5.41) is 10.9. The number of rotatable bonds is 4. The minimum absolute atomic E-state index is 0.293. The fraction of sp³-hybridized carbons (Fsp3) is 0.474. The van der Waals surface area contributed by atoms with Crippen molar-refractivity contribution in [3.05, 3.63) is 23.8 Å². The van der Waals surface area contributed by atoms with Gasteiger partial charge in [0.15, 0.2) is 5.13 Å². The van der Waals surface area contributed by atoms with Crippen LogP contribution in [0.15, 0.2) is 18.2 Å². The number of aromatic nitrogens is 1. The van der Waals surface area contributed by atoms with Gasteiger partial charge in [-0.1, -0.05) is 11.3 Å². The molecule has 1 aromatic carbocycles. The molecule has 7 nitrogen and oxygen atoms in total. The van der Waals surface area contributed by atoms with Crippen LogP contribution in [0.2, 0.25) is 0 Å². The van der Waals surface area contributed by atoms with Crippen molar-refractivity contribution in [2.75, 3.05) is 24.8 Å². The second-order valence-electron chi connectivity index (χ2n) is 7.12. The Kier molecular flexibility index (Phi) is 5.53. The van der Waals surface area contributed by atoms with E-state index in [2.05, 4.69) is 4.98 Å². The van der Waals surface area contributed by atoms with E-state index in [0.717, 1.165) is 4.70 Å². The average Bonchev–Trinajstić information content (AvgIpc) is 3.13. The topological polar surface area (TPSA) is 96.8 Å². The van der Waals surface area contributed by atoms with Crippen LogP contribution < -0.4 is 4.90 Å². The van der Waals surface area contributed by atoms with E-state index in [9.17, 15) is 19.5 Å². The highest BCUT2D eigenvalue weighted by atomic mass is 32.2. The molecule has 2 heterocycles. The smallest absolute Gasteiger partial charge is 0.337 e. The van der Waals surface area contributed by atoms with Gasteiger partial charge in [-0.2, -0.15) is 0 Å². The molecule has 1 N–H and O–H groups in total. The van der Waals surface area contributed by atoms with Crippen LogP contribution >= 0.6 is 23.1 Å². The molecule has 2 aromatic rings. The Morgan fingerprint density at radius 1 is 1.39 bits per heavy atom. The van der Waals surface area contributed by atoms with Gasteiger partial charge in [-0.05, 0) is 44.2 Å². The lowest BCUT2D eigenvalue weighted by Crippen LogP contribution is -2.61. The lowest BCUT2D eigenvalue weighted by molar-refractivity contribution is -0.135. The van der Waals surface area contributed by atoms with Gasteiger partial charge in [0.2, 0.25) is 5.91 Å². The second kappa shape index (κ2) is 7.46. The number of nitrogens with zero attached hydrogens (tertiary/aromatic N) is 2. The summed E-state index contributed by atoms with van der Waals surface area (Å²) in [6, 6.07) is 5.00. The Hall–Kier alpha value is -1.97. The first kappa shape index (κ1) is 20.8. The number of methoxy groups -OCH3 is 1. The van der Waals surface area contributed by atoms with E-state index in [1.54, 1.807) is 39.1 Å². The van der Waals surface area contributed by atoms with Gasteiger partial charge in [0.25, 0.3) is 0 Å². The minimum Gasteiger partial charge on any atom is -0.465 e. The Morgan fingerprint density at radius 3 is 2.75 bits per heavy atom. The molecule has 0 spiro atoms. The van der Waals surface area contributed by atoms with Gasteiger partial charge in [-0.25, -0.2) is 9.78 Å². The van der Waals surface area contributed by atoms with Crippen molar-refractivity contribution in [3.8, 4) is 0 Å². The van der Waals surface area contributed by atoms with Gasteiger partial charge >= 0.3 is 5.97 Å². The first-order chi connectivity index (χ1) is 13.2. The highest BCUT2D eigenvalue weighted by Crippen LogP contribution is 2.50. The molecule has 28 heavy (non-hydrogen) atoms. The van der Waals surface area contributed by atoms with E-state index >= 15 is 0 Å². The first-order valence-electron chi connectivity index (χ1n) is 8.73. The maximum atomic E-state index is 13.4. The molecule has 3 atom stereocenters. The summed E-state index contributed by atoms with van der Waals surface area (Å²) in [5.41, 5.74) is -0.131. The van der Waals surface area contributed by atoms with Gasteiger partial charge in [0.05, 0.1) is 34.4 Å². The molecule has 150 valence electrons. The van der Waals surface area contributed by atoms with E-state index in [0.29, 0.717) is 34.7 Å². The number of aliphatic hydroxyl groups is 1. The molecule has 0 bridgehead atoms. The maximum Gasteiger partial charge on any atom is 0.337 e. The third-order valence-corrected chi connectivity index (χ3v) is 8.27. The van der Waals surface area contributed by atoms with Gasteiger partial charge in [0.1, 0.15) is 11.0 Å². The Morgan fingerprint density at radius 2 is 2.11 bits per heavy atom. The first-order valence-corrected chi connectivity index (χ1v) is 10.5. The predicted octanol–water partition coefficient (Wildman–Crippen LogP) is 2.51. The van der Waals surface area contributed by atoms with Crippen LogP contribution in [0.3, 0.4) is 0 Å². The highest BCUT2D eigenvalue weighted by Gasteiger charge is 2.58. The fourth-order valence-corrected chi connectivity index (χ4v) is 5.81. The third kappa shape index (κ3) is 3.11. The molecule has 0 saturated carbocycles. The number of fused-ring (bicyclic) bond motifs is 1. The Balaban J connectivity index is 1.96. The van der Waals surface area contributed by atoms with Crippen molar-refractivity contribution < 1.29 is 24.2 Å². The molecule has 3 rings (SSSR count). The van der Waals surface area contributed by atoms with Crippen molar-refractivity contribution in [2.24, 2.45) is 5.41 Å². The molecule has 0 radical (unpaired) electrons. The average molecular weight is 423 g/mol. The number of aliphatic hydroxyl groups excluding tert-OH is 1. The highest BCUT2D eigenvalue weighted by molar-refractivity contribution is 8.01. The second-order valence-corrected chi connectivity index (χ2v) is 9.64. The number of aldehydes is 1.